The molecule has 2 atom stereocenters. The van der Waals surface area contributed by atoms with Crippen molar-refractivity contribution in [3.8, 4) is 0 Å². The third-order valence-corrected chi connectivity index (χ3v) is 4.43. The monoisotopic (exact) mass is 316 g/mol. The number of benzene rings is 1. The first-order valence-electron chi connectivity index (χ1n) is 8.89. The van der Waals surface area contributed by atoms with Gasteiger partial charge in [-0.15, -0.1) is 0 Å². The minimum Gasteiger partial charge on any atom is -0.370 e. The second-order valence-electron chi connectivity index (χ2n) is 7.17. The summed E-state index contributed by atoms with van der Waals surface area (Å²) < 4.78 is 0. The van der Waals surface area contributed by atoms with Crippen LogP contribution in [0.15, 0.2) is 29.3 Å². The molecule has 0 amide bonds. The number of rotatable bonds is 6. The summed E-state index contributed by atoms with van der Waals surface area (Å²) in [4.78, 5) is 7.03. The fourth-order valence-corrected chi connectivity index (χ4v) is 3.45. The van der Waals surface area contributed by atoms with E-state index >= 15 is 0 Å². The van der Waals surface area contributed by atoms with Crippen LogP contribution < -0.4 is 11.1 Å². The van der Waals surface area contributed by atoms with Gasteiger partial charge in [0.15, 0.2) is 5.96 Å². The normalized spacial score (nSPS) is 23.0. The van der Waals surface area contributed by atoms with Crippen LogP contribution in [0.4, 0.5) is 5.69 Å². The molecule has 3 N–H and O–H groups in total. The van der Waals surface area contributed by atoms with E-state index in [0.29, 0.717) is 5.96 Å². The van der Waals surface area contributed by atoms with Crippen LogP contribution in [-0.4, -0.2) is 37.0 Å². The van der Waals surface area contributed by atoms with Gasteiger partial charge in [-0.3, -0.25) is 4.99 Å². The van der Waals surface area contributed by atoms with Crippen molar-refractivity contribution in [1.29, 1.82) is 0 Å². The molecule has 0 aliphatic carbocycles. The largest absolute Gasteiger partial charge is 0.370 e. The number of likely N-dealkylation sites (tertiary alicyclic amines) is 1. The number of aryl methyl sites for hydroxylation is 1. The molecule has 2 rings (SSSR count). The second-order valence-corrected chi connectivity index (χ2v) is 7.17. The Labute approximate surface area is 141 Å². The molecule has 2 unspecified atom stereocenters. The minimum atomic E-state index is 0.508. The van der Waals surface area contributed by atoms with E-state index < -0.39 is 0 Å². The molecular weight excluding hydrogens is 284 g/mol. The van der Waals surface area contributed by atoms with E-state index in [1.54, 1.807) is 0 Å². The van der Waals surface area contributed by atoms with E-state index in [9.17, 15) is 0 Å². The van der Waals surface area contributed by atoms with Gasteiger partial charge in [-0.1, -0.05) is 31.5 Å². The van der Waals surface area contributed by atoms with E-state index in [4.69, 9.17) is 5.73 Å². The van der Waals surface area contributed by atoms with Crippen molar-refractivity contribution in [3.63, 3.8) is 0 Å². The van der Waals surface area contributed by atoms with Gasteiger partial charge in [0, 0.05) is 25.3 Å². The second kappa shape index (κ2) is 8.92. The van der Waals surface area contributed by atoms with Crippen LogP contribution in [-0.2, 0) is 0 Å². The maximum absolute atomic E-state index is 5.93. The van der Waals surface area contributed by atoms with Gasteiger partial charge in [-0.05, 0) is 56.7 Å². The molecule has 0 aromatic heterocycles. The first-order valence-corrected chi connectivity index (χ1v) is 8.89. The molecule has 4 nitrogen and oxygen atoms in total. The molecule has 4 heteroatoms. The third kappa shape index (κ3) is 6.61. The zero-order chi connectivity index (χ0) is 16.7. The molecule has 23 heavy (non-hydrogen) atoms. The highest BCUT2D eigenvalue weighted by Gasteiger charge is 2.20. The van der Waals surface area contributed by atoms with Gasteiger partial charge in [0.05, 0.1) is 0 Å². The molecule has 128 valence electrons. The summed E-state index contributed by atoms with van der Waals surface area (Å²) in [5, 5.41) is 3.14. The molecule has 0 saturated carbocycles. The number of unbranched alkanes of at least 4 members (excludes halogenated alkanes) is 1. The molecule has 0 spiro atoms. The van der Waals surface area contributed by atoms with Gasteiger partial charge < -0.3 is 16.0 Å². The van der Waals surface area contributed by atoms with Crippen molar-refractivity contribution >= 4 is 11.6 Å². The molecule has 1 aliphatic heterocycles. The molecule has 1 aromatic carbocycles. The average molecular weight is 316 g/mol. The van der Waals surface area contributed by atoms with Crippen LogP contribution >= 0.6 is 0 Å². The molecule has 1 aliphatic rings. The number of hydrogen-bond donors (Lipinski definition) is 2. The standard InChI is InChI=1S/C19H32N4/c1-15-6-8-18(9-7-15)22-19(20)21-10-4-5-11-23-13-16(2)12-17(3)14-23/h6-9,16-17H,4-5,10-14H2,1-3H3,(H3,20,21,22). The number of anilines is 1. The number of nitrogens with two attached hydrogens (primary N) is 1. The summed E-state index contributed by atoms with van der Waals surface area (Å²) in [5.41, 5.74) is 8.17. The van der Waals surface area contributed by atoms with E-state index in [1.165, 1.54) is 38.0 Å². The number of guanidine groups is 1. The van der Waals surface area contributed by atoms with Gasteiger partial charge in [0.2, 0.25) is 0 Å². The minimum absolute atomic E-state index is 0.508. The van der Waals surface area contributed by atoms with Crippen LogP contribution in [0, 0.1) is 18.8 Å². The van der Waals surface area contributed by atoms with E-state index in [-0.39, 0.29) is 0 Å². The number of nitrogens with zero attached hydrogens (tertiary/aromatic N) is 2. The Morgan fingerprint density at radius 1 is 1.17 bits per heavy atom. The number of piperidine rings is 1. The summed E-state index contributed by atoms with van der Waals surface area (Å²) in [6.07, 6.45) is 3.66. The zero-order valence-electron chi connectivity index (χ0n) is 14.9. The molecule has 0 radical (unpaired) electrons. The Morgan fingerprint density at radius 2 is 1.83 bits per heavy atom. The predicted molar refractivity (Wildman–Crippen MR) is 99.9 cm³/mol. The van der Waals surface area contributed by atoms with E-state index in [2.05, 4.69) is 48.1 Å². The maximum atomic E-state index is 5.93. The fourth-order valence-electron chi connectivity index (χ4n) is 3.45. The molecular formula is C19H32N4. The van der Waals surface area contributed by atoms with Crippen LogP contribution in [0.2, 0.25) is 0 Å². The maximum Gasteiger partial charge on any atom is 0.193 e. The predicted octanol–water partition coefficient (Wildman–Crippen LogP) is 3.48. The highest BCUT2D eigenvalue weighted by molar-refractivity contribution is 5.92. The third-order valence-electron chi connectivity index (χ3n) is 4.43. The van der Waals surface area contributed by atoms with Crippen LogP contribution in [0.25, 0.3) is 0 Å². The van der Waals surface area contributed by atoms with E-state index in [0.717, 1.165) is 30.5 Å². The van der Waals surface area contributed by atoms with Gasteiger partial charge in [-0.2, -0.15) is 0 Å². The molecule has 1 aromatic rings. The summed E-state index contributed by atoms with van der Waals surface area (Å²) in [7, 11) is 0. The topological polar surface area (TPSA) is 53.6 Å². The summed E-state index contributed by atoms with van der Waals surface area (Å²) in [6.45, 7) is 11.3. The Hall–Kier alpha value is -1.55. The summed E-state index contributed by atoms with van der Waals surface area (Å²) in [5.74, 6) is 2.19. The lowest BCUT2D eigenvalue weighted by Gasteiger charge is -2.34. The summed E-state index contributed by atoms with van der Waals surface area (Å²) in [6, 6.07) is 8.18. The SMILES string of the molecule is Cc1ccc(NC(N)=NCCCCN2CC(C)CC(C)C2)cc1. The highest BCUT2D eigenvalue weighted by Crippen LogP contribution is 2.21. The first kappa shape index (κ1) is 17.8. The van der Waals surface area contributed by atoms with Gasteiger partial charge in [0.1, 0.15) is 0 Å². The lowest BCUT2D eigenvalue weighted by atomic mass is 9.92. The highest BCUT2D eigenvalue weighted by atomic mass is 15.1. The van der Waals surface area contributed by atoms with Crippen molar-refractivity contribution in [2.45, 2.75) is 40.0 Å². The Kier molecular flexibility index (Phi) is 6.90. The number of aliphatic imine (C=N–C) groups is 1. The smallest absolute Gasteiger partial charge is 0.193 e. The Bertz CT molecular complexity index is 485. The van der Waals surface area contributed by atoms with Crippen LogP contribution in [0.1, 0.15) is 38.7 Å². The molecule has 0 bridgehead atoms. The number of hydrogen-bond acceptors (Lipinski definition) is 2. The van der Waals surface area contributed by atoms with Crippen molar-refractivity contribution in [3.05, 3.63) is 29.8 Å². The van der Waals surface area contributed by atoms with E-state index in [1.807, 2.05) is 12.1 Å². The number of nitrogens with one attached hydrogen (secondary N) is 1. The lowest BCUT2D eigenvalue weighted by Crippen LogP contribution is -2.39. The van der Waals surface area contributed by atoms with Gasteiger partial charge in [0.25, 0.3) is 0 Å². The molecule has 1 heterocycles. The Morgan fingerprint density at radius 3 is 2.48 bits per heavy atom. The van der Waals surface area contributed by atoms with Crippen molar-refractivity contribution in [2.75, 3.05) is 31.5 Å². The van der Waals surface area contributed by atoms with Crippen molar-refractivity contribution in [1.82, 2.24) is 4.90 Å². The fraction of sp³-hybridized carbons (Fsp3) is 0.632. The molecule has 1 saturated heterocycles. The quantitative estimate of drug-likeness (QED) is 0.480. The summed E-state index contributed by atoms with van der Waals surface area (Å²) >= 11 is 0. The van der Waals surface area contributed by atoms with Crippen LogP contribution in [0.5, 0.6) is 0 Å². The van der Waals surface area contributed by atoms with Gasteiger partial charge in [-0.25, -0.2) is 0 Å². The molecule has 1 fully saturated rings. The first-order chi connectivity index (χ1) is 11.0. The van der Waals surface area contributed by atoms with Crippen molar-refractivity contribution < 1.29 is 0 Å². The van der Waals surface area contributed by atoms with Crippen LogP contribution in [0.3, 0.4) is 0 Å². The average Bonchev–Trinajstić information content (AvgIpc) is 2.48. The van der Waals surface area contributed by atoms with Gasteiger partial charge >= 0.3 is 0 Å². The zero-order valence-corrected chi connectivity index (χ0v) is 14.9. The Balaban J connectivity index is 1.63. The van der Waals surface area contributed by atoms with Crippen molar-refractivity contribution in [2.24, 2.45) is 22.6 Å². The lowest BCUT2D eigenvalue weighted by molar-refractivity contribution is 0.139.